The molecule has 0 saturated carbocycles. The van der Waals surface area contributed by atoms with Crippen LogP contribution in [0.4, 0.5) is 5.69 Å². The summed E-state index contributed by atoms with van der Waals surface area (Å²) in [5.41, 5.74) is 0.789. The molecule has 0 bridgehead atoms. The number of hydrogen-bond acceptors (Lipinski definition) is 5. The second-order valence-electron chi connectivity index (χ2n) is 8.61. The second kappa shape index (κ2) is 6.43. The first-order valence-corrected chi connectivity index (χ1v) is 10.6. The summed E-state index contributed by atoms with van der Waals surface area (Å²) in [4.78, 5) is 29.9. The van der Waals surface area contributed by atoms with Gasteiger partial charge in [0.2, 0.25) is 0 Å². The third-order valence-electron chi connectivity index (χ3n) is 7.37. The molecule has 1 amide bonds. The standard InChI is InChI=1S/C26H22N2O4/c1-28-15-20(16-11-13-17(31-2)14-12-16)25(19-8-4-6-10-22(19)32-24(25)30)26(28)18-7-3-5-9-21(18)27-23(26)29/h3-14,20H,15H2,1-2H3,(H,27,29)/t20-,25+,26+/m0/s1. The van der Waals surface area contributed by atoms with E-state index in [2.05, 4.69) is 5.32 Å². The first kappa shape index (κ1) is 19.1. The van der Waals surface area contributed by atoms with Crippen molar-refractivity contribution in [1.82, 2.24) is 4.90 Å². The van der Waals surface area contributed by atoms with Crippen LogP contribution in [-0.4, -0.2) is 37.5 Å². The zero-order chi connectivity index (χ0) is 22.1. The summed E-state index contributed by atoms with van der Waals surface area (Å²) < 4.78 is 11.2. The van der Waals surface area contributed by atoms with Crippen LogP contribution in [0.3, 0.4) is 0 Å². The number of hydrogen-bond donors (Lipinski definition) is 1. The van der Waals surface area contributed by atoms with E-state index in [4.69, 9.17) is 9.47 Å². The smallest absolute Gasteiger partial charge is 0.325 e. The highest BCUT2D eigenvalue weighted by atomic mass is 16.5. The van der Waals surface area contributed by atoms with Crippen LogP contribution in [0.1, 0.15) is 22.6 Å². The number of benzene rings is 3. The van der Waals surface area contributed by atoms with Crippen molar-refractivity contribution in [3.05, 3.63) is 89.5 Å². The molecule has 6 nitrogen and oxygen atoms in total. The number of rotatable bonds is 2. The summed E-state index contributed by atoms with van der Waals surface area (Å²) in [6.45, 7) is 0.511. The number of nitrogens with zero attached hydrogens (tertiary/aromatic N) is 1. The van der Waals surface area contributed by atoms with Gasteiger partial charge in [0.25, 0.3) is 5.91 Å². The fourth-order valence-corrected chi connectivity index (χ4v) is 6.15. The SMILES string of the molecule is COc1ccc([C@@H]2CN(C)[C@]3(C(=O)Nc4ccccc43)[C@@]23C(=O)Oc2ccccc23)cc1. The summed E-state index contributed by atoms with van der Waals surface area (Å²) in [7, 11) is 3.54. The third-order valence-corrected chi connectivity index (χ3v) is 7.37. The van der Waals surface area contributed by atoms with Gasteiger partial charge in [-0.1, -0.05) is 48.5 Å². The molecule has 0 radical (unpaired) electrons. The molecule has 3 heterocycles. The molecular weight excluding hydrogens is 404 g/mol. The number of fused-ring (bicyclic) bond motifs is 5. The Morgan fingerprint density at radius 1 is 0.969 bits per heavy atom. The number of amides is 1. The summed E-state index contributed by atoms with van der Waals surface area (Å²) in [5.74, 6) is 0.359. The van der Waals surface area contributed by atoms with E-state index in [-0.39, 0.29) is 11.8 Å². The second-order valence-corrected chi connectivity index (χ2v) is 8.61. The molecule has 1 N–H and O–H groups in total. The minimum Gasteiger partial charge on any atom is -0.497 e. The van der Waals surface area contributed by atoms with Crippen molar-refractivity contribution in [2.45, 2.75) is 16.9 Å². The molecule has 3 aromatic carbocycles. The van der Waals surface area contributed by atoms with Crippen molar-refractivity contribution < 1.29 is 19.1 Å². The van der Waals surface area contributed by atoms with Crippen LogP contribution in [0.2, 0.25) is 0 Å². The Bertz CT molecular complexity index is 1270. The van der Waals surface area contributed by atoms with E-state index < -0.39 is 16.9 Å². The van der Waals surface area contributed by atoms with Crippen LogP contribution < -0.4 is 14.8 Å². The number of esters is 1. The topological polar surface area (TPSA) is 67.9 Å². The van der Waals surface area contributed by atoms with Crippen LogP contribution in [-0.2, 0) is 20.5 Å². The fourth-order valence-electron chi connectivity index (χ4n) is 6.15. The Hall–Kier alpha value is -3.64. The van der Waals surface area contributed by atoms with Gasteiger partial charge in [-0.25, -0.2) is 0 Å². The van der Waals surface area contributed by atoms with Crippen LogP contribution in [0.5, 0.6) is 11.5 Å². The maximum atomic E-state index is 14.0. The lowest BCUT2D eigenvalue weighted by Crippen LogP contribution is -2.60. The van der Waals surface area contributed by atoms with Crippen molar-refractivity contribution >= 4 is 17.6 Å². The molecule has 0 aromatic heterocycles. The fraction of sp³-hybridized carbons (Fsp3) is 0.231. The molecule has 160 valence electrons. The van der Waals surface area contributed by atoms with Crippen LogP contribution >= 0.6 is 0 Å². The number of carbonyl (C=O) groups excluding carboxylic acids is 2. The predicted molar refractivity (Wildman–Crippen MR) is 119 cm³/mol. The highest BCUT2D eigenvalue weighted by Crippen LogP contribution is 2.66. The molecule has 3 aromatic rings. The Labute approximate surface area is 185 Å². The van der Waals surface area contributed by atoms with E-state index in [1.54, 1.807) is 13.2 Å². The van der Waals surface area contributed by atoms with Gasteiger partial charge >= 0.3 is 5.97 Å². The molecule has 32 heavy (non-hydrogen) atoms. The van der Waals surface area contributed by atoms with Gasteiger partial charge in [0.05, 0.1) is 7.11 Å². The molecular formula is C26H22N2O4. The van der Waals surface area contributed by atoms with E-state index in [9.17, 15) is 9.59 Å². The number of nitrogens with one attached hydrogen (secondary N) is 1. The van der Waals surface area contributed by atoms with Gasteiger partial charge in [-0.2, -0.15) is 0 Å². The average Bonchev–Trinajstić information content (AvgIpc) is 3.39. The van der Waals surface area contributed by atoms with Crippen molar-refractivity contribution in [3.63, 3.8) is 0 Å². The maximum absolute atomic E-state index is 14.0. The zero-order valence-electron chi connectivity index (χ0n) is 17.8. The summed E-state index contributed by atoms with van der Waals surface area (Å²) in [5, 5.41) is 3.04. The highest BCUT2D eigenvalue weighted by Gasteiger charge is 2.77. The van der Waals surface area contributed by atoms with Gasteiger partial charge in [-0.3, -0.25) is 14.5 Å². The van der Waals surface area contributed by atoms with E-state index in [1.165, 1.54) is 0 Å². The average molecular weight is 426 g/mol. The van der Waals surface area contributed by atoms with E-state index in [0.29, 0.717) is 12.3 Å². The zero-order valence-corrected chi connectivity index (χ0v) is 17.8. The molecule has 3 atom stereocenters. The number of ether oxygens (including phenoxy) is 2. The van der Waals surface area contributed by atoms with Gasteiger partial charge in [-0.15, -0.1) is 0 Å². The third kappa shape index (κ3) is 2.03. The van der Waals surface area contributed by atoms with Crippen molar-refractivity contribution in [1.29, 1.82) is 0 Å². The van der Waals surface area contributed by atoms with Gasteiger partial charge in [0, 0.05) is 29.3 Å². The number of methoxy groups -OCH3 is 1. The lowest BCUT2D eigenvalue weighted by atomic mass is 9.58. The molecule has 1 fully saturated rings. The largest absolute Gasteiger partial charge is 0.497 e. The lowest BCUT2D eigenvalue weighted by Gasteiger charge is -2.42. The molecule has 2 spiro atoms. The maximum Gasteiger partial charge on any atom is 0.325 e. The quantitative estimate of drug-likeness (QED) is 0.502. The Kier molecular flexibility index (Phi) is 3.84. The van der Waals surface area contributed by atoms with Crippen molar-refractivity contribution in [2.24, 2.45) is 0 Å². The Balaban J connectivity index is 1.70. The van der Waals surface area contributed by atoms with Gasteiger partial charge in [-0.05, 0) is 36.9 Å². The molecule has 0 aliphatic carbocycles. The number of para-hydroxylation sites is 2. The molecule has 0 unspecified atom stereocenters. The van der Waals surface area contributed by atoms with Gasteiger partial charge in [0.1, 0.15) is 22.5 Å². The molecule has 3 aliphatic heterocycles. The molecule has 1 saturated heterocycles. The summed E-state index contributed by atoms with van der Waals surface area (Å²) in [6, 6.07) is 22.8. The van der Waals surface area contributed by atoms with Crippen molar-refractivity contribution in [3.8, 4) is 11.5 Å². The van der Waals surface area contributed by atoms with Crippen LogP contribution in [0.25, 0.3) is 0 Å². The normalized spacial score (nSPS) is 28.0. The summed E-state index contributed by atoms with van der Waals surface area (Å²) >= 11 is 0. The first-order valence-electron chi connectivity index (χ1n) is 10.6. The minimum atomic E-state index is -1.23. The summed E-state index contributed by atoms with van der Waals surface area (Å²) in [6.07, 6.45) is 0. The van der Waals surface area contributed by atoms with E-state index in [1.807, 2.05) is 78.7 Å². The molecule has 3 aliphatic rings. The number of anilines is 1. The minimum absolute atomic E-state index is 0.203. The lowest BCUT2D eigenvalue weighted by molar-refractivity contribution is -0.147. The van der Waals surface area contributed by atoms with Gasteiger partial charge in [0.15, 0.2) is 0 Å². The number of carbonyl (C=O) groups is 2. The molecule has 6 heteroatoms. The molecule has 6 rings (SSSR count). The van der Waals surface area contributed by atoms with Gasteiger partial charge < -0.3 is 14.8 Å². The monoisotopic (exact) mass is 426 g/mol. The van der Waals surface area contributed by atoms with E-state index >= 15 is 0 Å². The highest BCUT2D eigenvalue weighted by molar-refractivity contribution is 6.13. The van der Waals surface area contributed by atoms with Crippen LogP contribution in [0.15, 0.2) is 72.8 Å². The first-order chi connectivity index (χ1) is 15.5. The Morgan fingerprint density at radius 2 is 1.66 bits per heavy atom. The van der Waals surface area contributed by atoms with E-state index in [0.717, 1.165) is 28.1 Å². The Morgan fingerprint density at radius 3 is 2.41 bits per heavy atom. The number of likely N-dealkylation sites (tertiary alicyclic amines) is 1. The number of likely N-dealkylation sites (N-methyl/N-ethyl adjacent to an activating group) is 1. The predicted octanol–water partition coefficient (Wildman–Crippen LogP) is 3.43. The van der Waals surface area contributed by atoms with Crippen LogP contribution in [0, 0.1) is 0 Å². The van der Waals surface area contributed by atoms with Crippen molar-refractivity contribution in [2.75, 3.05) is 26.0 Å².